The molecule has 0 saturated heterocycles. The van der Waals surface area contributed by atoms with Crippen LogP contribution in [0.4, 0.5) is 8.78 Å². The molecule has 0 spiro atoms. The number of carbonyl (C=O) groups excluding carboxylic acids is 1. The minimum Gasteiger partial charge on any atom is -0.475 e. The Bertz CT molecular complexity index is 690. The van der Waals surface area contributed by atoms with Gasteiger partial charge in [0, 0.05) is 5.56 Å². The largest absolute Gasteiger partial charge is 0.475 e. The Balaban J connectivity index is 1.91. The van der Waals surface area contributed by atoms with Gasteiger partial charge in [0.25, 0.3) is 0 Å². The Morgan fingerprint density at radius 1 is 1.10 bits per heavy atom. The van der Waals surface area contributed by atoms with Crippen LogP contribution in [0.25, 0.3) is 0 Å². The Kier molecular flexibility index (Phi) is 3.48. The summed E-state index contributed by atoms with van der Waals surface area (Å²) < 4.78 is 32.7. The summed E-state index contributed by atoms with van der Waals surface area (Å²) in [5.74, 6) is -1.44. The van der Waals surface area contributed by atoms with Crippen molar-refractivity contribution in [2.75, 3.05) is 6.61 Å². The average molecular weight is 287 g/mol. The fourth-order valence-electron chi connectivity index (χ4n) is 2.18. The lowest BCUT2D eigenvalue weighted by Crippen LogP contribution is -2.07. The van der Waals surface area contributed by atoms with E-state index in [1.165, 1.54) is 6.07 Å². The van der Waals surface area contributed by atoms with Gasteiger partial charge in [-0.3, -0.25) is 4.79 Å². The van der Waals surface area contributed by atoms with Crippen molar-refractivity contribution >= 4 is 12.2 Å². The first-order chi connectivity index (χ1) is 10.2. The molecule has 1 heterocycles. The third-order valence-corrected chi connectivity index (χ3v) is 3.28. The molecular formula is C16H11F2NO2. The number of aldehydes is 1. The summed E-state index contributed by atoms with van der Waals surface area (Å²) >= 11 is 0. The number of hydrogen-bond donors (Lipinski definition) is 0. The highest BCUT2D eigenvalue weighted by Gasteiger charge is 2.25. The van der Waals surface area contributed by atoms with Crippen molar-refractivity contribution in [3.8, 4) is 0 Å². The molecule has 0 amide bonds. The van der Waals surface area contributed by atoms with Crippen LogP contribution in [0, 0.1) is 11.6 Å². The summed E-state index contributed by atoms with van der Waals surface area (Å²) in [4.78, 5) is 14.8. The van der Waals surface area contributed by atoms with E-state index in [1.54, 1.807) is 24.3 Å². The van der Waals surface area contributed by atoms with E-state index in [0.717, 1.165) is 24.0 Å². The van der Waals surface area contributed by atoms with E-state index in [4.69, 9.17) is 4.74 Å². The molecule has 0 saturated carbocycles. The molecule has 0 N–H and O–H groups in total. The Labute approximate surface area is 119 Å². The summed E-state index contributed by atoms with van der Waals surface area (Å²) in [5.41, 5.74) is 1.14. The van der Waals surface area contributed by atoms with Gasteiger partial charge in [0.15, 0.2) is 0 Å². The monoisotopic (exact) mass is 287 g/mol. The Morgan fingerprint density at radius 2 is 1.76 bits per heavy atom. The number of nitrogens with zero attached hydrogens (tertiary/aromatic N) is 1. The zero-order valence-corrected chi connectivity index (χ0v) is 10.9. The molecule has 0 aromatic heterocycles. The third-order valence-electron chi connectivity index (χ3n) is 3.28. The van der Waals surface area contributed by atoms with Crippen LogP contribution in [0.1, 0.15) is 27.5 Å². The number of halogens is 2. The van der Waals surface area contributed by atoms with Gasteiger partial charge < -0.3 is 4.74 Å². The number of carbonyl (C=O) groups is 1. The molecule has 3 rings (SSSR count). The van der Waals surface area contributed by atoms with E-state index >= 15 is 0 Å². The molecule has 1 aliphatic heterocycles. The molecule has 0 aliphatic carbocycles. The van der Waals surface area contributed by atoms with Gasteiger partial charge in [-0.15, -0.1) is 0 Å². The van der Waals surface area contributed by atoms with Gasteiger partial charge in [0.05, 0.1) is 0 Å². The summed E-state index contributed by atoms with van der Waals surface area (Å²) in [6.07, 6.45) is 0.748. The number of ether oxygens (including phenoxy) is 1. The molecule has 2 aromatic rings. The first-order valence-corrected chi connectivity index (χ1v) is 6.39. The van der Waals surface area contributed by atoms with Crippen LogP contribution >= 0.6 is 0 Å². The lowest BCUT2D eigenvalue weighted by atomic mass is 10.1. The summed E-state index contributed by atoms with van der Waals surface area (Å²) in [6, 6.07) is 10.1. The Morgan fingerprint density at radius 3 is 2.38 bits per heavy atom. The van der Waals surface area contributed by atoms with Crippen molar-refractivity contribution in [2.24, 2.45) is 4.99 Å². The van der Waals surface area contributed by atoms with Crippen LogP contribution in [-0.4, -0.2) is 18.8 Å². The number of hydrogen-bond acceptors (Lipinski definition) is 3. The van der Waals surface area contributed by atoms with Gasteiger partial charge in [-0.1, -0.05) is 30.3 Å². The average Bonchev–Trinajstić information content (AvgIpc) is 2.97. The maximum atomic E-state index is 13.7. The molecule has 5 heteroatoms. The molecule has 3 nitrogen and oxygen atoms in total. The van der Waals surface area contributed by atoms with E-state index in [-0.39, 0.29) is 24.1 Å². The second-order valence-electron chi connectivity index (χ2n) is 4.64. The SMILES string of the molecule is O=Cc1ccc(C2COC(c3c(F)cccc3F)=N2)cc1. The van der Waals surface area contributed by atoms with E-state index in [1.807, 2.05) is 0 Å². The highest BCUT2D eigenvalue weighted by atomic mass is 19.1. The predicted molar refractivity (Wildman–Crippen MR) is 73.4 cm³/mol. The van der Waals surface area contributed by atoms with Gasteiger partial charge in [0.1, 0.15) is 36.1 Å². The predicted octanol–water partition coefficient (Wildman–Crippen LogP) is 3.30. The molecule has 106 valence electrons. The molecule has 1 unspecified atom stereocenters. The second kappa shape index (κ2) is 5.44. The third kappa shape index (κ3) is 2.54. The van der Waals surface area contributed by atoms with Gasteiger partial charge in [-0.25, -0.2) is 13.8 Å². The molecule has 0 fully saturated rings. The molecule has 2 aromatic carbocycles. The van der Waals surface area contributed by atoms with Crippen molar-refractivity contribution < 1.29 is 18.3 Å². The first kappa shape index (κ1) is 13.4. The lowest BCUT2D eigenvalue weighted by molar-refractivity contribution is 0.112. The number of aliphatic imine (C=N–C) groups is 1. The van der Waals surface area contributed by atoms with Gasteiger partial charge in [-0.05, 0) is 17.7 Å². The zero-order valence-electron chi connectivity index (χ0n) is 10.9. The van der Waals surface area contributed by atoms with Crippen molar-refractivity contribution in [3.05, 3.63) is 70.8 Å². The maximum Gasteiger partial charge on any atom is 0.222 e. The minimum atomic E-state index is -0.703. The lowest BCUT2D eigenvalue weighted by Gasteiger charge is -2.04. The zero-order chi connectivity index (χ0) is 14.8. The van der Waals surface area contributed by atoms with Gasteiger partial charge >= 0.3 is 0 Å². The molecule has 1 atom stereocenters. The molecular weight excluding hydrogens is 276 g/mol. The van der Waals surface area contributed by atoms with Crippen LogP contribution in [-0.2, 0) is 4.74 Å². The topological polar surface area (TPSA) is 38.7 Å². The van der Waals surface area contributed by atoms with Crippen LogP contribution in [0.3, 0.4) is 0 Å². The highest BCUT2D eigenvalue weighted by molar-refractivity contribution is 5.95. The van der Waals surface area contributed by atoms with E-state index in [2.05, 4.69) is 4.99 Å². The highest BCUT2D eigenvalue weighted by Crippen LogP contribution is 2.27. The van der Waals surface area contributed by atoms with Crippen LogP contribution in [0.15, 0.2) is 47.5 Å². The molecule has 0 radical (unpaired) electrons. The number of rotatable bonds is 3. The smallest absolute Gasteiger partial charge is 0.222 e. The molecule has 21 heavy (non-hydrogen) atoms. The first-order valence-electron chi connectivity index (χ1n) is 6.39. The fraction of sp³-hybridized carbons (Fsp3) is 0.125. The summed E-state index contributed by atoms with van der Waals surface area (Å²) in [6.45, 7) is 0.212. The summed E-state index contributed by atoms with van der Waals surface area (Å²) in [7, 11) is 0. The van der Waals surface area contributed by atoms with Crippen LogP contribution < -0.4 is 0 Å². The fourth-order valence-corrected chi connectivity index (χ4v) is 2.18. The van der Waals surface area contributed by atoms with Crippen molar-refractivity contribution in [1.29, 1.82) is 0 Å². The van der Waals surface area contributed by atoms with Crippen LogP contribution in [0.5, 0.6) is 0 Å². The Hall–Kier alpha value is -2.56. The minimum absolute atomic E-state index is 0.0323. The van der Waals surface area contributed by atoms with E-state index < -0.39 is 11.6 Å². The van der Waals surface area contributed by atoms with Gasteiger partial charge in [0.2, 0.25) is 5.90 Å². The van der Waals surface area contributed by atoms with Crippen molar-refractivity contribution in [1.82, 2.24) is 0 Å². The maximum absolute atomic E-state index is 13.7. The number of benzene rings is 2. The summed E-state index contributed by atoms with van der Waals surface area (Å²) in [5, 5.41) is 0. The molecule has 1 aliphatic rings. The standard InChI is InChI=1S/C16H11F2NO2/c17-12-2-1-3-13(18)15(12)16-19-14(9-21-16)11-6-4-10(8-20)5-7-11/h1-8,14H,9H2. The van der Waals surface area contributed by atoms with E-state index in [9.17, 15) is 13.6 Å². The quantitative estimate of drug-likeness (QED) is 0.812. The normalized spacial score (nSPS) is 17.2. The molecule has 0 bridgehead atoms. The van der Waals surface area contributed by atoms with Crippen LogP contribution in [0.2, 0.25) is 0 Å². The van der Waals surface area contributed by atoms with Crippen molar-refractivity contribution in [2.45, 2.75) is 6.04 Å². The van der Waals surface area contributed by atoms with Crippen molar-refractivity contribution in [3.63, 3.8) is 0 Å². The van der Waals surface area contributed by atoms with Gasteiger partial charge in [-0.2, -0.15) is 0 Å². The van der Waals surface area contributed by atoms with E-state index in [0.29, 0.717) is 5.56 Å². The second-order valence-corrected chi connectivity index (χ2v) is 4.64.